The van der Waals surface area contributed by atoms with Crippen molar-refractivity contribution in [2.75, 3.05) is 13.2 Å². The molecule has 3 nitrogen and oxygen atoms in total. The van der Waals surface area contributed by atoms with Gasteiger partial charge in [0, 0.05) is 29.0 Å². The summed E-state index contributed by atoms with van der Waals surface area (Å²) in [7, 11) is 0. The van der Waals surface area contributed by atoms with E-state index < -0.39 is 0 Å². The molecule has 0 aliphatic carbocycles. The summed E-state index contributed by atoms with van der Waals surface area (Å²) in [5.41, 5.74) is 0. The maximum Gasteiger partial charge on any atom is 0.247 e. The molecule has 92 valence electrons. The summed E-state index contributed by atoms with van der Waals surface area (Å²) in [6.07, 6.45) is 0.750. The number of hydrogen-bond acceptors (Lipinski definition) is 3. The first kappa shape index (κ1) is 12.9. The van der Waals surface area contributed by atoms with Gasteiger partial charge in [-0.15, -0.1) is 0 Å². The van der Waals surface area contributed by atoms with E-state index in [4.69, 9.17) is 21.1 Å². The number of benzene rings is 1. The van der Waals surface area contributed by atoms with Crippen LogP contribution in [0, 0.1) is 5.82 Å². The molecule has 0 N–H and O–H groups in total. The van der Waals surface area contributed by atoms with Crippen molar-refractivity contribution in [1.82, 2.24) is 0 Å². The quantitative estimate of drug-likeness (QED) is 0.761. The molecule has 2 rings (SSSR count). The van der Waals surface area contributed by atoms with Gasteiger partial charge in [-0.1, -0.05) is 11.6 Å². The molecule has 0 radical (unpaired) electrons. The average molecular weight is 370 g/mol. The van der Waals surface area contributed by atoms with E-state index in [2.05, 4.69) is 4.99 Å². The fraction of sp³-hybridized carbons (Fsp3) is 0.364. The molecule has 1 aliphatic rings. The van der Waals surface area contributed by atoms with Crippen molar-refractivity contribution in [1.29, 1.82) is 0 Å². The summed E-state index contributed by atoms with van der Waals surface area (Å²) in [4.78, 5) is 4.26. The van der Waals surface area contributed by atoms with Crippen LogP contribution in [-0.2, 0) is 4.74 Å². The summed E-state index contributed by atoms with van der Waals surface area (Å²) < 4.78 is 24.1. The number of nitrogens with zero attached hydrogens (tertiary/aromatic N) is 1. The van der Waals surface area contributed by atoms with Crippen LogP contribution in [0.15, 0.2) is 23.2 Å². The van der Waals surface area contributed by atoms with Gasteiger partial charge < -0.3 is 9.47 Å². The van der Waals surface area contributed by atoms with Gasteiger partial charge in [0.15, 0.2) is 0 Å². The Kier molecular flexibility index (Phi) is 4.44. The van der Waals surface area contributed by atoms with Crippen LogP contribution in [0.25, 0.3) is 0 Å². The van der Waals surface area contributed by atoms with E-state index in [1.165, 1.54) is 18.2 Å². The molecule has 0 fully saturated rings. The third-order valence-corrected chi connectivity index (χ3v) is 3.17. The first-order chi connectivity index (χ1) is 8.15. The highest BCUT2D eigenvalue weighted by Crippen LogP contribution is 2.25. The van der Waals surface area contributed by atoms with Crippen LogP contribution in [0.2, 0.25) is 5.02 Å². The molecule has 1 heterocycles. The van der Waals surface area contributed by atoms with Crippen molar-refractivity contribution in [2.45, 2.75) is 12.5 Å². The number of hydrogen-bond donors (Lipinski definition) is 0. The summed E-state index contributed by atoms with van der Waals surface area (Å²) in [5, 5.41) is 0.283. The minimum Gasteiger partial charge on any atom is -0.492 e. The molecule has 0 saturated carbocycles. The van der Waals surface area contributed by atoms with E-state index in [1.54, 1.807) is 0 Å². The molecule has 0 amide bonds. The van der Waals surface area contributed by atoms with Gasteiger partial charge in [-0.3, -0.25) is 0 Å². The topological polar surface area (TPSA) is 30.8 Å². The smallest absolute Gasteiger partial charge is 0.247 e. The van der Waals surface area contributed by atoms with E-state index >= 15 is 0 Å². The third kappa shape index (κ3) is 3.70. The van der Waals surface area contributed by atoms with Gasteiger partial charge in [-0.25, -0.2) is 9.38 Å². The van der Waals surface area contributed by atoms with Crippen molar-refractivity contribution >= 4 is 38.1 Å². The normalized spacial score (nSPS) is 18.8. The number of rotatable bonds is 4. The van der Waals surface area contributed by atoms with Gasteiger partial charge >= 0.3 is 0 Å². The molecule has 6 heteroatoms. The highest BCUT2D eigenvalue weighted by atomic mass is 127. The van der Waals surface area contributed by atoms with Gasteiger partial charge in [0.05, 0.1) is 17.7 Å². The third-order valence-electron chi connectivity index (χ3n) is 2.28. The summed E-state index contributed by atoms with van der Waals surface area (Å²) in [5.74, 6) is 0.122. The fourth-order valence-electron chi connectivity index (χ4n) is 1.43. The molecule has 0 aromatic heterocycles. The molecule has 0 saturated heterocycles. The SMILES string of the molecule is Fc1ccc(OCC[C@H]2COC(I)=N2)c(Cl)c1. The van der Waals surface area contributed by atoms with Crippen LogP contribution < -0.4 is 4.74 Å². The predicted molar refractivity (Wildman–Crippen MR) is 72.7 cm³/mol. The fourth-order valence-corrected chi connectivity index (χ4v) is 2.22. The molecule has 0 bridgehead atoms. The Balaban J connectivity index is 1.82. The van der Waals surface area contributed by atoms with Gasteiger partial charge in [-0.05, 0) is 18.2 Å². The first-order valence-electron chi connectivity index (χ1n) is 5.09. The molecule has 0 unspecified atom stereocenters. The maximum atomic E-state index is 12.8. The number of halogens is 3. The molecule has 1 aromatic carbocycles. The molecule has 17 heavy (non-hydrogen) atoms. The second kappa shape index (κ2) is 5.86. The van der Waals surface area contributed by atoms with Gasteiger partial charge in [0.2, 0.25) is 3.90 Å². The Morgan fingerprint density at radius 3 is 3.06 bits per heavy atom. The molecule has 1 atom stereocenters. The monoisotopic (exact) mass is 369 g/mol. The van der Waals surface area contributed by atoms with E-state index in [1.807, 2.05) is 22.6 Å². The van der Waals surface area contributed by atoms with Crippen LogP contribution in [0.3, 0.4) is 0 Å². The second-order valence-electron chi connectivity index (χ2n) is 3.56. The van der Waals surface area contributed by atoms with Crippen LogP contribution in [0.4, 0.5) is 4.39 Å². The minimum absolute atomic E-state index is 0.140. The lowest BCUT2D eigenvalue weighted by Crippen LogP contribution is -2.11. The first-order valence-corrected chi connectivity index (χ1v) is 6.55. The van der Waals surface area contributed by atoms with Gasteiger partial charge in [0.1, 0.15) is 18.2 Å². The standard InChI is InChI=1S/C11H10ClFINO2/c12-9-5-7(13)1-2-10(9)16-4-3-8-6-17-11(14)15-8/h1-2,5,8H,3-4,6H2/t8-/m0/s1. The zero-order valence-corrected chi connectivity index (χ0v) is 11.7. The average Bonchev–Trinajstić information content (AvgIpc) is 2.68. The second-order valence-corrected chi connectivity index (χ2v) is 4.89. The predicted octanol–water partition coefficient (Wildman–Crippen LogP) is 3.44. The van der Waals surface area contributed by atoms with Crippen LogP contribution in [0.1, 0.15) is 6.42 Å². The van der Waals surface area contributed by atoms with Crippen LogP contribution in [0.5, 0.6) is 5.75 Å². The molecule has 1 aromatic rings. The summed E-state index contributed by atoms with van der Waals surface area (Å²) in [6.45, 7) is 1.07. The zero-order valence-electron chi connectivity index (χ0n) is 8.83. The molecule has 1 aliphatic heterocycles. The van der Waals surface area contributed by atoms with Crippen molar-refractivity contribution in [2.24, 2.45) is 4.99 Å². The lowest BCUT2D eigenvalue weighted by molar-refractivity contribution is 0.267. The van der Waals surface area contributed by atoms with Crippen molar-refractivity contribution < 1.29 is 13.9 Å². The Hall–Kier alpha value is -0.560. The lowest BCUT2D eigenvalue weighted by Gasteiger charge is -2.09. The van der Waals surface area contributed by atoms with Crippen LogP contribution in [-0.4, -0.2) is 23.2 Å². The summed E-state index contributed by atoms with van der Waals surface area (Å²) in [6, 6.07) is 4.22. The number of ether oxygens (including phenoxy) is 2. The van der Waals surface area contributed by atoms with Crippen molar-refractivity contribution in [3.8, 4) is 5.75 Å². The Labute approximate surface area is 117 Å². The van der Waals surface area contributed by atoms with Crippen molar-refractivity contribution in [3.05, 3.63) is 29.0 Å². The van der Waals surface area contributed by atoms with E-state index in [-0.39, 0.29) is 16.9 Å². The Morgan fingerprint density at radius 1 is 1.59 bits per heavy atom. The lowest BCUT2D eigenvalue weighted by atomic mass is 10.2. The summed E-state index contributed by atoms with van der Waals surface area (Å²) >= 11 is 7.87. The highest BCUT2D eigenvalue weighted by Gasteiger charge is 2.16. The minimum atomic E-state index is -0.370. The van der Waals surface area contributed by atoms with Gasteiger partial charge in [-0.2, -0.15) is 0 Å². The maximum absolute atomic E-state index is 12.8. The van der Waals surface area contributed by atoms with Gasteiger partial charge in [0.25, 0.3) is 0 Å². The van der Waals surface area contributed by atoms with E-state index in [0.29, 0.717) is 22.9 Å². The molecular formula is C11H10ClFINO2. The number of aliphatic imine (C=N–C) groups is 1. The van der Waals surface area contributed by atoms with Crippen LogP contribution >= 0.6 is 34.2 Å². The van der Waals surface area contributed by atoms with E-state index in [9.17, 15) is 4.39 Å². The van der Waals surface area contributed by atoms with Crippen molar-refractivity contribution in [3.63, 3.8) is 0 Å². The Morgan fingerprint density at radius 2 is 2.41 bits per heavy atom. The molecule has 0 spiro atoms. The largest absolute Gasteiger partial charge is 0.492 e. The zero-order chi connectivity index (χ0) is 12.3. The van der Waals surface area contributed by atoms with E-state index in [0.717, 1.165) is 6.42 Å². The molecular weight excluding hydrogens is 359 g/mol. The highest BCUT2D eigenvalue weighted by molar-refractivity contribution is 14.1. The Bertz CT molecular complexity index is 441.